The normalized spacial score (nSPS) is 11.6. The molecule has 0 saturated carbocycles. The van der Waals surface area contributed by atoms with Crippen LogP contribution >= 0.6 is 11.6 Å². The van der Waals surface area contributed by atoms with E-state index >= 15 is 0 Å². The van der Waals surface area contributed by atoms with Crippen LogP contribution in [0.1, 0.15) is 16.7 Å². The zero-order valence-electron chi connectivity index (χ0n) is 11.6. The predicted octanol–water partition coefficient (Wildman–Crippen LogP) is 2.59. The van der Waals surface area contributed by atoms with E-state index in [4.69, 9.17) is 17.3 Å². The molecule has 0 aliphatic heterocycles. The molecule has 0 amide bonds. The molecule has 0 bridgehead atoms. The van der Waals surface area contributed by atoms with Crippen LogP contribution in [0.4, 0.5) is 0 Å². The van der Waals surface area contributed by atoms with Gasteiger partial charge in [-0.2, -0.15) is 0 Å². The van der Waals surface area contributed by atoms with Crippen LogP contribution in [-0.2, 0) is 23.1 Å². The fraction of sp³-hybridized carbons (Fsp3) is 0.200. The molecule has 2 aromatic carbocycles. The van der Waals surface area contributed by atoms with Gasteiger partial charge in [0.1, 0.15) is 4.90 Å². The SMILES string of the molecule is Cc1cccc(CNS(=O)(=O)c2ccc(CN)cc2Cl)c1. The zero-order chi connectivity index (χ0) is 15.5. The van der Waals surface area contributed by atoms with Crippen LogP contribution in [0.5, 0.6) is 0 Å². The molecule has 2 aromatic rings. The highest BCUT2D eigenvalue weighted by atomic mass is 35.5. The van der Waals surface area contributed by atoms with Crippen molar-refractivity contribution in [3.63, 3.8) is 0 Å². The average Bonchev–Trinajstić information content (AvgIpc) is 2.45. The third-order valence-electron chi connectivity index (χ3n) is 3.07. The van der Waals surface area contributed by atoms with Gasteiger partial charge in [0, 0.05) is 13.1 Å². The van der Waals surface area contributed by atoms with Gasteiger partial charge in [0.25, 0.3) is 0 Å². The van der Waals surface area contributed by atoms with Crippen molar-refractivity contribution in [1.82, 2.24) is 4.72 Å². The fourth-order valence-corrected chi connectivity index (χ4v) is 3.55. The summed E-state index contributed by atoms with van der Waals surface area (Å²) in [5.74, 6) is 0. The van der Waals surface area contributed by atoms with Gasteiger partial charge in [-0.3, -0.25) is 0 Å². The number of rotatable bonds is 5. The van der Waals surface area contributed by atoms with Gasteiger partial charge in [-0.05, 0) is 30.2 Å². The van der Waals surface area contributed by atoms with Gasteiger partial charge in [-0.15, -0.1) is 0 Å². The maximum atomic E-state index is 12.3. The molecule has 0 aliphatic carbocycles. The number of benzene rings is 2. The second-order valence-corrected chi connectivity index (χ2v) is 6.93. The molecule has 0 fully saturated rings. The van der Waals surface area contributed by atoms with E-state index in [1.54, 1.807) is 12.1 Å². The van der Waals surface area contributed by atoms with E-state index in [0.29, 0.717) is 6.54 Å². The molecule has 21 heavy (non-hydrogen) atoms. The van der Waals surface area contributed by atoms with Crippen LogP contribution in [0.25, 0.3) is 0 Å². The summed E-state index contributed by atoms with van der Waals surface area (Å²) in [6.45, 7) is 2.50. The molecule has 6 heteroatoms. The lowest BCUT2D eigenvalue weighted by molar-refractivity contribution is 0.581. The quantitative estimate of drug-likeness (QED) is 0.888. The first kappa shape index (κ1) is 16.0. The Labute approximate surface area is 130 Å². The first-order chi connectivity index (χ1) is 9.92. The Morgan fingerprint density at radius 1 is 1.14 bits per heavy atom. The average molecular weight is 325 g/mol. The molecular formula is C15H17ClN2O2S. The van der Waals surface area contributed by atoms with E-state index in [-0.39, 0.29) is 16.5 Å². The number of hydrogen-bond acceptors (Lipinski definition) is 3. The van der Waals surface area contributed by atoms with Gasteiger partial charge in [-0.1, -0.05) is 47.5 Å². The topological polar surface area (TPSA) is 72.2 Å². The highest BCUT2D eigenvalue weighted by molar-refractivity contribution is 7.89. The second kappa shape index (κ2) is 6.58. The van der Waals surface area contributed by atoms with Crippen LogP contribution in [0.2, 0.25) is 5.02 Å². The zero-order valence-corrected chi connectivity index (χ0v) is 13.2. The van der Waals surface area contributed by atoms with E-state index in [2.05, 4.69) is 4.72 Å². The molecule has 0 aromatic heterocycles. The predicted molar refractivity (Wildman–Crippen MR) is 84.5 cm³/mol. The molecular weight excluding hydrogens is 308 g/mol. The van der Waals surface area contributed by atoms with Crippen molar-refractivity contribution >= 4 is 21.6 Å². The van der Waals surface area contributed by atoms with E-state index < -0.39 is 10.0 Å². The molecule has 0 saturated heterocycles. The highest BCUT2D eigenvalue weighted by Gasteiger charge is 2.17. The van der Waals surface area contributed by atoms with E-state index in [1.165, 1.54) is 6.07 Å². The number of sulfonamides is 1. The van der Waals surface area contributed by atoms with Crippen LogP contribution < -0.4 is 10.5 Å². The van der Waals surface area contributed by atoms with E-state index in [9.17, 15) is 8.42 Å². The van der Waals surface area contributed by atoms with Crippen molar-refractivity contribution in [2.24, 2.45) is 5.73 Å². The van der Waals surface area contributed by atoms with Crippen LogP contribution in [0.3, 0.4) is 0 Å². The van der Waals surface area contributed by atoms with Crippen molar-refractivity contribution in [1.29, 1.82) is 0 Å². The lowest BCUT2D eigenvalue weighted by Gasteiger charge is -2.10. The molecule has 0 spiro atoms. The Bertz CT molecular complexity index is 745. The van der Waals surface area contributed by atoms with Gasteiger partial charge in [0.2, 0.25) is 10.0 Å². The summed E-state index contributed by atoms with van der Waals surface area (Å²) >= 11 is 6.02. The number of hydrogen-bond donors (Lipinski definition) is 2. The second-order valence-electron chi connectivity index (χ2n) is 4.78. The lowest BCUT2D eigenvalue weighted by Crippen LogP contribution is -2.23. The molecule has 0 aliphatic rings. The van der Waals surface area contributed by atoms with Crippen molar-refractivity contribution in [3.05, 3.63) is 64.2 Å². The number of nitrogens with one attached hydrogen (secondary N) is 1. The van der Waals surface area contributed by atoms with Crippen LogP contribution in [0, 0.1) is 6.92 Å². The third kappa shape index (κ3) is 4.04. The van der Waals surface area contributed by atoms with Crippen LogP contribution in [-0.4, -0.2) is 8.42 Å². The standard InChI is InChI=1S/C15H17ClN2O2S/c1-11-3-2-4-13(7-11)10-18-21(19,20)15-6-5-12(9-17)8-14(15)16/h2-8,18H,9-10,17H2,1H3. The van der Waals surface area contributed by atoms with Crippen molar-refractivity contribution < 1.29 is 8.42 Å². The molecule has 0 heterocycles. The maximum Gasteiger partial charge on any atom is 0.242 e. The van der Waals surface area contributed by atoms with E-state index in [1.807, 2.05) is 31.2 Å². The molecule has 0 radical (unpaired) electrons. The molecule has 0 unspecified atom stereocenters. The van der Waals surface area contributed by atoms with E-state index in [0.717, 1.165) is 16.7 Å². The number of nitrogens with two attached hydrogens (primary N) is 1. The van der Waals surface area contributed by atoms with Gasteiger partial charge in [0.05, 0.1) is 5.02 Å². The molecule has 112 valence electrons. The highest BCUT2D eigenvalue weighted by Crippen LogP contribution is 2.22. The Kier molecular flexibility index (Phi) is 5.00. The minimum atomic E-state index is -3.65. The summed E-state index contributed by atoms with van der Waals surface area (Å²) in [4.78, 5) is 0.0639. The first-order valence-corrected chi connectivity index (χ1v) is 8.32. The smallest absolute Gasteiger partial charge is 0.242 e. The maximum absolute atomic E-state index is 12.3. The monoisotopic (exact) mass is 324 g/mol. The molecule has 4 nitrogen and oxygen atoms in total. The summed E-state index contributed by atoms with van der Waals surface area (Å²) in [6, 6.07) is 12.4. The minimum absolute atomic E-state index is 0.0639. The Balaban J connectivity index is 2.19. The minimum Gasteiger partial charge on any atom is -0.326 e. The third-order valence-corrected chi connectivity index (χ3v) is 4.95. The molecule has 0 atom stereocenters. The van der Waals surface area contributed by atoms with Crippen molar-refractivity contribution in [2.45, 2.75) is 24.9 Å². The van der Waals surface area contributed by atoms with Crippen LogP contribution in [0.15, 0.2) is 47.4 Å². The largest absolute Gasteiger partial charge is 0.326 e. The van der Waals surface area contributed by atoms with Gasteiger partial charge >= 0.3 is 0 Å². The van der Waals surface area contributed by atoms with Crippen molar-refractivity contribution in [3.8, 4) is 0 Å². The first-order valence-electron chi connectivity index (χ1n) is 6.46. The Morgan fingerprint density at radius 2 is 1.90 bits per heavy atom. The number of aryl methyl sites for hydroxylation is 1. The van der Waals surface area contributed by atoms with Gasteiger partial charge < -0.3 is 5.73 Å². The summed E-state index contributed by atoms with van der Waals surface area (Å²) in [7, 11) is -3.65. The van der Waals surface area contributed by atoms with Crippen molar-refractivity contribution in [2.75, 3.05) is 0 Å². The Hall–Kier alpha value is -1.40. The molecule has 2 rings (SSSR count). The molecule has 3 N–H and O–H groups in total. The van der Waals surface area contributed by atoms with Gasteiger partial charge in [0.15, 0.2) is 0 Å². The summed E-state index contributed by atoms with van der Waals surface area (Å²) in [5, 5.41) is 0.176. The summed E-state index contributed by atoms with van der Waals surface area (Å²) in [6.07, 6.45) is 0. The Morgan fingerprint density at radius 3 is 2.52 bits per heavy atom. The lowest BCUT2D eigenvalue weighted by atomic mass is 10.1. The fourth-order valence-electron chi connectivity index (χ4n) is 1.97. The summed E-state index contributed by atoms with van der Waals surface area (Å²) in [5.41, 5.74) is 8.27. The number of halogens is 1. The van der Waals surface area contributed by atoms with Gasteiger partial charge in [-0.25, -0.2) is 13.1 Å². The summed E-state index contributed by atoms with van der Waals surface area (Å²) < 4.78 is 27.1.